The van der Waals surface area contributed by atoms with Gasteiger partial charge in [0.15, 0.2) is 0 Å². The van der Waals surface area contributed by atoms with Crippen LogP contribution >= 0.6 is 0 Å². The largest absolute Gasteiger partial charge is 0.460 e. The number of alkyl carbamates (subject to hydrolysis) is 1. The summed E-state index contributed by atoms with van der Waals surface area (Å²) in [5.41, 5.74) is -0.229. The Balaban J connectivity index is 1.86. The lowest BCUT2D eigenvalue weighted by Gasteiger charge is -2.43. The van der Waals surface area contributed by atoms with E-state index in [1.165, 1.54) is 24.3 Å². The molecule has 1 aliphatic heterocycles. The molecule has 0 aliphatic carbocycles. The Labute approximate surface area is 191 Å². The number of carbonyl (C=O) groups is 4. The monoisotopic (exact) mass is 463 g/mol. The number of non-ortho nitro benzene ring substituents is 1. The van der Waals surface area contributed by atoms with E-state index in [1.54, 1.807) is 34.6 Å². The molecule has 2 rings (SSSR count). The summed E-state index contributed by atoms with van der Waals surface area (Å²) in [6, 6.07) is 4.39. The van der Waals surface area contributed by atoms with Crippen LogP contribution < -0.4 is 10.6 Å². The highest BCUT2D eigenvalue weighted by molar-refractivity contribution is 5.98. The van der Waals surface area contributed by atoms with Crippen LogP contribution in [-0.4, -0.2) is 46.4 Å². The minimum Gasteiger partial charge on any atom is -0.460 e. The van der Waals surface area contributed by atoms with E-state index in [-0.39, 0.29) is 18.2 Å². The standard InChI is InChI=1S/C22H29N3O8/c1-12(19-18(20(28)24-19)13(2)23-21(29)33-22(3,4)5)16(26)10-17(27)32-11-14-6-8-15(9-7-14)25(30)31/h6-9,12-13,18-19H,10-11H2,1-5H3,(H,23,29)(H,24,28)/t12?,13?,18-,19-/m1/s1. The predicted molar refractivity (Wildman–Crippen MR) is 116 cm³/mol. The van der Waals surface area contributed by atoms with Gasteiger partial charge in [-0.3, -0.25) is 24.5 Å². The van der Waals surface area contributed by atoms with Gasteiger partial charge in [-0.25, -0.2) is 4.79 Å². The van der Waals surface area contributed by atoms with E-state index in [4.69, 9.17) is 9.47 Å². The van der Waals surface area contributed by atoms with Gasteiger partial charge in [0.1, 0.15) is 24.4 Å². The molecule has 1 aromatic rings. The third kappa shape index (κ3) is 7.26. The van der Waals surface area contributed by atoms with Crippen LogP contribution in [0.1, 0.15) is 46.6 Å². The maximum atomic E-state index is 12.6. The Hall–Kier alpha value is -3.50. The fourth-order valence-corrected chi connectivity index (χ4v) is 3.41. The number of nitro groups is 1. The van der Waals surface area contributed by atoms with Crippen molar-refractivity contribution in [3.05, 3.63) is 39.9 Å². The zero-order valence-corrected chi connectivity index (χ0v) is 19.2. The number of esters is 1. The van der Waals surface area contributed by atoms with Crippen molar-refractivity contribution in [3.8, 4) is 0 Å². The lowest BCUT2D eigenvalue weighted by atomic mass is 9.76. The van der Waals surface area contributed by atoms with Gasteiger partial charge in [0.05, 0.1) is 16.9 Å². The fourth-order valence-electron chi connectivity index (χ4n) is 3.41. The minimum atomic E-state index is -0.743. The van der Waals surface area contributed by atoms with E-state index in [2.05, 4.69) is 10.6 Å². The van der Waals surface area contributed by atoms with Crippen molar-refractivity contribution in [1.29, 1.82) is 0 Å². The van der Waals surface area contributed by atoms with Crippen molar-refractivity contribution in [3.63, 3.8) is 0 Å². The first-order valence-corrected chi connectivity index (χ1v) is 10.5. The smallest absolute Gasteiger partial charge is 0.407 e. The number of nitrogens with one attached hydrogen (secondary N) is 2. The fraction of sp³-hybridized carbons (Fsp3) is 0.545. The average molecular weight is 463 g/mol. The SMILES string of the molecule is CC(C(=O)CC(=O)OCc1ccc([N+](=O)[O-])cc1)[C@H]1NC(=O)[C@@H]1C(C)NC(=O)OC(C)(C)C. The van der Waals surface area contributed by atoms with Crippen molar-refractivity contribution in [2.75, 3.05) is 0 Å². The minimum absolute atomic E-state index is 0.0819. The Morgan fingerprint density at radius 2 is 1.79 bits per heavy atom. The van der Waals surface area contributed by atoms with Crippen LogP contribution in [0.5, 0.6) is 0 Å². The summed E-state index contributed by atoms with van der Waals surface area (Å²) >= 11 is 0. The molecule has 1 saturated heterocycles. The quantitative estimate of drug-likeness (QED) is 0.186. The molecule has 1 fully saturated rings. The van der Waals surface area contributed by atoms with Crippen molar-refractivity contribution < 1.29 is 33.6 Å². The van der Waals surface area contributed by atoms with Gasteiger partial charge in [-0.05, 0) is 45.4 Å². The Kier molecular flexibility index (Phi) is 8.13. The molecule has 1 aliphatic rings. The molecule has 2 N–H and O–H groups in total. The molecule has 1 heterocycles. The third-order valence-electron chi connectivity index (χ3n) is 5.19. The van der Waals surface area contributed by atoms with Gasteiger partial charge in [-0.15, -0.1) is 0 Å². The molecule has 0 saturated carbocycles. The van der Waals surface area contributed by atoms with Crippen LogP contribution in [0.25, 0.3) is 0 Å². The summed E-state index contributed by atoms with van der Waals surface area (Å²) in [7, 11) is 0. The predicted octanol–water partition coefficient (Wildman–Crippen LogP) is 2.26. The summed E-state index contributed by atoms with van der Waals surface area (Å²) < 4.78 is 10.3. The number of β-lactam (4-membered cyclic amide) rings is 1. The lowest BCUT2D eigenvalue weighted by Crippen LogP contribution is -2.67. The van der Waals surface area contributed by atoms with Crippen molar-refractivity contribution in [1.82, 2.24) is 10.6 Å². The number of ketones is 1. The second-order valence-corrected chi connectivity index (χ2v) is 9.01. The summed E-state index contributed by atoms with van der Waals surface area (Å²) in [6.07, 6.45) is -1.15. The summed E-state index contributed by atoms with van der Waals surface area (Å²) in [6.45, 7) is 8.28. The number of amides is 2. The Morgan fingerprint density at radius 3 is 2.30 bits per heavy atom. The van der Waals surface area contributed by atoms with Crippen molar-refractivity contribution in [2.45, 2.75) is 65.3 Å². The molecule has 4 atom stereocenters. The van der Waals surface area contributed by atoms with Gasteiger partial charge in [0.2, 0.25) is 5.91 Å². The number of hydrogen-bond donors (Lipinski definition) is 2. The first kappa shape index (κ1) is 25.8. The van der Waals surface area contributed by atoms with Crippen LogP contribution in [0.4, 0.5) is 10.5 Å². The van der Waals surface area contributed by atoms with Crippen LogP contribution in [-0.2, 0) is 30.5 Å². The number of carbonyl (C=O) groups excluding carboxylic acids is 4. The summed E-state index contributed by atoms with van der Waals surface area (Å²) in [5.74, 6) is -2.78. The van der Waals surface area contributed by atoms with Gasteiger partial charge in [0.25, 0.3) is 5.69 Å². The molecular formula is C22H29N3O8. The Bertz CT molecular complexity index is 923. The highest BCUT2D eigenvalue weighted by Crippen LogP contribution is 2.27. The highest BCUT2D eigenvalue weighted by Gasteiger charge is 2.48. The molecular weight excluding hydrogens is 434 g/mol. The first-order chi connectivity index (χ1) is 15.3. The number of nitrogens with zero attached hydrogens (tertiary/aromatic N) is 1. The molecule has 0 aromatic heterocycles. The molecule has 0 spiro atoms. The van der Waals surface area contributed by atoms with Crippen LogP contribution in [0, 0.1) is 22.0 Å². The molecule has 2 amide bonds. The topological polar surface area (TPSA) is 154 Å². The van der Waals surface area contributed by atoms with Crippen molar-refractivity contribution >= 4 is 29.4 Å². The van der Waals surface area contributed by atoms with E-state index < -0.39 is 58.7 Å². The number of nitro benzene ring substituents is 1. The summed E-state index contributed by atoms with van der Waals surface area (Å²) in [4.78, 5) is 58.8. The second-order valence-electron chi connectivity index (χ2n) is 9.01. The molecule has 0 radical (unpaired) electrons. The van der Waals surface area contributed by atoms with Crippen molar-refractivity contribution in [2.24, 2.45) is 11.8 Å². The molecule has 2 unspecified atom stereocenters. The molecule has 1 aromatic carbocycles. The normalized spacial score (nSPS) is 19.4. The second kappa shape index (κ2) is 10.4. The molecule has 11 heteroatoms. The zero-order valence-electron chi connectivity index (χ0n) is 19.2. The number of Topliss-reactive ketones (excluding diaryl/α,β-unsaturated/α-hetero) is 1. The lowest BCUT2D eigenvalue weighted by molar-refractivity contribution is -0.384. The number of hydrogen-bond acceptors (Lipinski definition) is 8. The van der Waals surface area contributed by atoms with Crippen LogP contribution in [0.2, 0.25) is 0 Å². The average Bonchev–Trinajstić information content (AvgIpc) is 2.68. The van der Waals surface area contributed by atoms with Crippen LogP contribution in [0.15, 0.2) is 24.3 Å². The number of rotatable bonds is 9. The zero-order chi connectivity index (χ0) is 24.9. The first-order valence-electron chi connectivity index (χ1n) is 10.5. The molecule has 180 valence electrons. The van der Waals surface area contributed by atoms with Gasteiger partial charge < -0.3 is 20.1 Å². The maximum Gasteiger partial charge on any atom is 0.407 e. The van der Waals surface area contributed by atoms with Gasteiger partial charge >= 0.3 is 12.1 Å². The van der Waals surface area contributed by atoms with E-state index >= 15 is 0 Å². The van der Waals surface area contributed by atoms with E-state index in [9.17, 15) is 29.3 Å². The van der Waals surface area contributed by atoms with E-state index in [0.717, 1.165) is 0 Å². The van der Waals surface area contributed by atoms with Crippen LogP contribution in [0.3, 0.4) is 0 Å². The van der Waals surface area contributed by atoms with Gasteiger partial charge in [-0.2, -0.15) is 0 Å². The Morgan fingerprint density at radius 1 is 1.18 bits per heavy atom. The molecule has 33 heavy (non-hydrogen) atoms. The molecule has 11 nitrogen and oxygen atoms in total. The summed E-state index contributed by atoms with van der Waals surface area (Å²) in [5, 5.41) is 15.9. The molecule has 0 bridgehead atoms. The number of benzene rings is 1. The number of ether oxygens (including phenoxy) is 2. The van der Waals surface area contributed by atoms with E-state index in [0.29, 0.717) is 5.56 Å². The highest BCUT2D eigenvalue weighted by atomic mass is 16.6. The van der Waals surface area contributed by atoms with Gasteiger partial charge in [0, 0.05) is 24.1 Å². The third-order valence-corrected chi connectivity index (χ3v) is 5.19. The van der Waals surface area contributed by atoms with E-state index in [1.807, 2.05) is 0 Å². The maximum absolute atomic E-state index is 12.6. The van der Waals surface area contributed by atoms with Gasteiger partial charge in [-0.1, -0.05) is 6.92 Å².